The Labute approximate surface area is 139 Å². The second kappa shape index (κ2) is 8.90. The predicted octanol–water partition coefficient (Wildman–Crippen LogP) is -7.32. The van der Waals surface area contributed by atoms with E-state index in [0.717, 1.165) is 0 Å². The molecular weight excluding hydrogens is 278 g/mol. The molecule has 0 fully saturated rings. The normalized spacial score (nSPS) is 13.3. The summed E-state index contributed by atoms with van der Waals surface area (Å²) in [6.45, 7) is 0. The van der Waals surface area contributed by atoms with Crippen molar-refractivity contribution in [1.29, 1.82) is 0 Å². The topological polar surface area (TPSA) is 109 Å². The molecular formula is C6H22Na2O4S3. The minimum absolute atomic E-state index is 0. The van der Waals surface area contributed by atoms with Gasteiger partial charge >= 0.3 is 59.1 Å². The Hall–Kier alpha value is 2.89. The minimum Gasteiger partial charge on any atom is -0.810 e. The smallest absolute Gasteiger partial charge is 0.810 e. The van der Waals surface area contributed by atoms with E-state index >= 15 is 0 Å². The molecule has 0 unspecified atom stereocenters. The molecule has 4 N–H and O–H groups in total. The molecule has 90 valence electrons. The van der Waals surface area contributed by atoms with Crippen LogP contribution in [0.25, 0.3) is 0 Å². The molecule has 4 nitrogen and oxygen atoms in total. The Balaban J connectivity index is -0.0000000833. The molecule has 0 saturated carbocycles. The Morgan fingerprint density at radius 2 is 1.07 bits per heavy atom. The van der Waals surface area contributed by atoms with Gasteiger partial charge in [0.05, 0.1) is 0 Å². The second-order valence-corrected chi connectivity index (χ2v) is 22.1. The van der Waals surface area contributed by atoms with Gasteiger partial charge in [0.25, 0.3) is 0 Å². The van der Waals surface area contributed by atoms with Crippen molar-refractivity contribution in [3.63, 3.8) is 0 Å². The first-order chi connectivity index (χ1) is 4.46. The van der Waals surface area contributed by atoms with E-state index < -0.39 is 24.9 Å². The van der Waals surface area contributed by atoms with E-state index in [9.17, 15) is 9.11 Å². The average Bonchev–Trinajstić information content (AvgIpc) is 1.59. The van der Waals surface area contributed by atoms with Crippen molar-refractivity contribution >= 4 is 24.9 Å². The van der Waals surface area contributed by atoms with Crippen LogP contribution in [0.5, 0.6) is 0 Å². The van der Waals surface area contributed by atoms with E-state index in [4.69, 9.17) is 0 Å². The molecule has 15 heavy (non-hydrogen) atoms. The Morgan fingerprint density at radius 3 is 1.07 bits per heavy atom. The van der Waals surface area contributed by atoms with Gasteiger partial charge in [0.2, 0.25) is 0 Å². The fourth-order valence-electron chi connectivity index (χ4n) is 0.544. The van der Waals surface area contributed by atoms with E-state index in [1.54, 1.807) is 12.5 Å². The molecule has 0 amide bonds. The summed E-state index contributed by atoms with van der Waals surface area (Å²) in [6.07, 6.45) is 11.0. The third-order valence-electron chi connectivity index (χ3n) is 1.22. The molecule has 0 spiro atoms. The molecule has 0 aliphatic carbocycles. The molecule has 0 aliphatic rings. The Morgan fingerprint density at radius 1 is 0.867 bits per heavy atom. The van der Waals surface area contributed by atoms with Crippen LogP contribution < -0.4 is 59.1 Å². The zero-order chi connectivity index (χ0) is 9.52. The van der Waals surface area contributed by atoms with Gasteiger partial charge in [-0.2, -0.15) is 9.45 Å². The van der Waals surface area contributed by atoms with Crippen molar-refractivity contribution in [3.8, 4) is 0 Å². The van der Waals surface area contributed by atoms with E-state index in [-0.39, 0.29) is 70.1 Å². The zero-order valence-corrected chi connectivity index (χ0v) is 17.5. The fourth-order valence-corrected chi connectivity index (χ4v) is 14.7. The van der Waals surface area contributed by atoms with Crippen LogP contribution in [0.1, 0.15) is 0 Å². The summed E-state index contributed by atoms with van der Waals surface area (Å²) in [4.78, 5) is 0. The summed E-state index contributed by atoms with van der Waals surface area (Å²) in [6, 6.07) is 0. The van der Waals surface area contributed by atoms with Crippen LogP contribution in [-0.4, -0.2) is 57.6 Å². The van der Waals surface area contributed by atoms with Gasteiger partial charge < -0.3 is 27.8 Å². The molecule has 0 aliphatic heterocycles. The monoisotopic (exact) mass is 300 g/mol. The molecule has 0 heterocycles. The number of hydrogen-bond acceptors (Lipinski definition) is 2. The van der Waals surface area contributed by atoms with Gasteiger partial charge in [-0.25, -0.2) is 0 Å². The standard InChI is InChI=1S/C6H18O2S3.2Na.2H2O/c1-9(2)10(7,8)11(3,4,5)6;;;;/h1-6H3;;;2*1H2/q-2;2*+1;;. The van der Waals surface area contributed by atoms with Crippen LogP contribution >= 0.6 is 0 Å². The number of rotatable bonds is 0. The van der Waals surface area contributed by atoms with Crippen LogP contribution in [0.2, 0.25) is 0 Å². The van der Waals surface area contributed by atoms with Crippen molar-refractivity contribution in [3.05, 3.63) is 0 Å². The summed E-state index contributed by atoms with van der Waals surface area (Å²) in [5.74, 6) is 0. The average molecular weight is 300 g/mol. The SMILES string of the molecule is CS(C)=S([O-])([O-])=S(C)(C)(C)C.O.O.[Na+].[Na+]. The number of hydrogen-bond donors (Lipinski definition) is 0. The summed E-state index contributed by atoms with van der Waals surface area (Å²) >= 11 is 0. The first-order valence-corrected chi connectivity index (χ1v) is 11.3. The van der Waals surface area contributed by atoms with Crippen molar-refractivity contribution < 1.29 is 79.2 Å². The fraction of sp³-hybridized carbons (Fsp3) is 1.00. The third kappa shape index (κ3) is 8.58. The van der Waals surface area contributed by atoms with E-state index in [1.165, 1.54) is 0 Å². The Kier molecular flexibility index (Phi) is 18.2. The van der Waals surface area contributed by atoms with Crippen LogP contribution in [0.15, 0.2) is 0 Å². The molecule has 0 aromatic rings. The summed E-state index contributed by atoms with van der Waals surface area (Å²) in [5, 5.41) is 0. The minimum atomic E-state index is -2.88. The van der Waals surface area contributed by atoms with Crippen LogP contribution in [-0.2, 0) is 24.9 Å². The van der Waals surface area contributed by atoms with Crippen molar-refractivity contribution in [1.82, 2.24) is 0 Å². The quantitative estimate of drug-likeness (QED) is 0.414. The van der Waals surface area contributed by atoms with Crippen LogP contribution in [0, 0.1) is 0 Å². The van der Waals surface area contributed by atoms with Crippen molar-refractivity contribution in [2.45, 2.75) is 0 Å². The Bertz CT molecular complexity index is 303. The van der Waals surface area contributed by atoms with Crippen LogP contribution in [0.3, 0.4) is 0 Å². The van der Waals surface area contributed by atoms with Gasteiger partial charge in [-0.05, 0) is 37.5 Å². The molecule has 9 heteroatoms. The molecule has 0 rings (SSSR count). The first-order valence-electron chi connectivity index (χ1n) is 3.12. The first kappa shape index (κ1) is 30.7. The maximum Gasteiger partial charge on any atom is 1.00 e. The summed E-state index contributed by atoms with van der Waals surface area (Å²) in [5.41, 5.74) is 0. The van der Waals surface area contributed by atoms with Crippen molar-refractivity contribution in [2.24, 2.45) is 0 Å². The van der Waals surface area contributed by atoms with Gasteiger partial charge in [-0.1, -0.05) is 0 Å². The van der Waals surface area contributed by atoms with Gasteiger partial charge in [-0.3, -0.25) is 7.72 Å². The maximum absolute atomic E-state index is 11.7. The molecule has 0 aromatic carbocycles. The van der Waals surface area contributed by atoms with Crippen LogP contribution in [0.4, 0.5) is 0 Å². The molecule has 0 aromatic heterocycles. The van der Waals surface area contributed by atoms with E-state index in [2.05, 4.69) is 0 Å². The van der Waals surface area contributed by atoms with E-state index in [1.807, 2.05) is 25.0 Å². The third-order valence-corrected chi connectivity index (χ3v) is 18.4. The van der Waals surface area contributed by atoms with Gasteiger partial charge in [0.15, 0.2) is 0 Å². The second-order valence-electron chi connectivity index (χ2n) is 4.27. The van der Waals surface area contributed by atoms with Gasteiger partial charge in [0, 0.05) is 0 Å². The maximum atomic E-state index is 11.7. The predicted molar refractivity (Wildman–Crippen MR) is 66.4 cm³/mol. The van der Waals surface area contributed by atoms with Gasteiger partial charge in [0.1, 0.15) is 0 Å². The molecule has 0 bridgehead atoms. The van der Waals surface area contributed by atoms with Crippen molar-refractivity contribution in [2.75, 3.05) is 37.5 Å². The molecule has 0 radical (unpaired) electrons. The molecule has 0 saturated heterocycles. The summed E-state index contributed by atoms with van der Waals surface area (Å²) in [7, 11) is -5.58. The largest absolute Gasteiger partial charge is 1.00 e. The summed E-state index contributed by atoms with van der Waals surface area (Å²) < 4.78 is 23.5. The zero-order valence-electron chi connectivity index (χ0n) is 11.0. The van der Waals surface area contributed by atoms with Gasteiger partial charge in [-0.15, -0.1) is 0 Å². The van der Waals surface area contributed by atoms with E-state index in [0.29, 0.717) is 0 Å². The molecule has 0 atom stereocenters.